The Hall–Kier alpha value is -2.77. The Morgan fingerprint density at radius 1 is 1.19 bits per heavy atom. The first-order chi connectivity index (χ1) is 12.5. The number of non-ortho nitro benzene ring substituents is 1. The minimum Gasteiger partial charge on any atom is -0.326 e. The Labute approximate surface area is 151 Å². The van der Waals surface area contributed by atoms with Crippen LogP contribution in [-0.4, -0.2) is 22.4 Å². The van der Waals surface area contributed by atoms with Crippen molar-refractivity contribution in [1.82, 2.24) is 5.43 Å². The molecule has 1 aromatic rings. The van der Waals surface area contributed by atoms with Gasteiger partial charge in [0.2, 0.25) is 11.8 Å². The van der Waals surface area contributed by atoms with Crippen LogP contribution in [0, 0.1) is 27.9 Å². The zero-order chi connectivity index (χ0) is 18.7. The highest BCUT2D eigenvalue weighted by Crippen LogP contribution is 2.55. The molecule has 2 atom stereocenters. The SMILES string of the molecule is C/C(CC(=O)Nc1ccc([N+](=O)[O-])cc1)=N\NC(=O)C1[C@H]2CCCC[C@H]12. The molecule has 0 unspecified atom stereocenters. The van der Waals surface area contributed by atoms with Gasteiger partial charge in [0.15, 0.2) is 0 Å². The third kappa shape index (κ3) is 4.25. The number of carbonyl (C=O) groups excluding carboxylic acids is 2. The quantitative estimate of drug-likeness (QED) is 0.462. The van der Waals surface area contributed by atoms with E-state index in [-0.39, 0.29) is 29.8 Å². The average molecular weight is 358 g/mol. The molecule has 2 fully saturated rings. The zero-order valence-corrected chi connectivity index (χ0v) is 14.6. The van der Waals surface area contributed by atoms with E-state index in [9.17, 15) is 19.7 Å². The molecule has 0 saturated heterocycles. The van der Waals surface area contributed by atoms with Gasteiger partial charge in [-0.2, -0.15) is 5.10 Å². The van der Waals surface area contributed by atoms with Crippen LogP contribution in [0.2, 0.25) is 0 Å². The molecule has 138 valence electrons. The van der Waals surface area contributed by atoms with Gasteiger partial charge in [-0.25, -0.2) is 5.43 Å². The van der Waals surface area contributed by atoms with Crippen molar-refractivity contribution in [3.8, 4) is 0 Å². The number of hydrogen-bond donors (Lipinski definition) is 2. The smallest absolute Gasteiger partial charge is 0.269 e. The number of fused-ring (bicyclic) bond motifs is 1. The molecule has 2 saturated carbocycles. The number of nitrogens with zero attached hydrogens (tertiary/aromatic N) is 2. The lowest BCUT2D eigenvalue weighted by atomic mass is 10.0. The molecule has 2 amide bonds. The third-order valence-electron chi connectivity index (χ3n) is 5.09. The normalized spacial score (nSPS) is 24.3. The molecule has 0 spiro atoms. The summed E-state index contributed by atoms with van der Waals surface area (Å²) in [5.74, 6) is 0.781. The average Bonchev–Trinajstić information content (AvgIpc) is 3.34. The molecule has 26 heavy (non-hydrogen) atoms. The summed E-state index contributed by atoms with van der Waals surface area (Å²) in [6.45, 7) is 1.68. The monoisotopic (exact) mass is 358 g/mol. The van der Waals surface area contributed by atoms with Crippen molar-refractivity contribution >= 4 is 28.9 Å². The molecular formula is C18H22N4O4. The molecule has 0 bridgehead atoms. The summed E-state index contributed by atoms with van der Waals surface area (Å²) in [5, 5.41) is 17.3. The van der Waals surface area contributed by atoms with E-state index >= 15 is 0 Å². The van der Waals surface area contributed by atoms with Gasteiger partial charge in [-0.05, 0) is 43.7 Å². The number of anilines is 1. The van der Waals surface area contributed by atoms with Gasteiger partial charge >= 0.3 is 0 Å². The molecule has 0 aliphatic heterocycles. The maximum atomic E-state index is 12.2. The van der Waals surface area contributed by atoms with Gasteiger partial charge in [0.1, 0.15) is 0 Å². The fourth-order valence-electron chi connectivity index (χ4n) is 3.75. The second-order valence-corrected chi connectivity index (χ2v) is 6.99. The van der Waals surface area contributed by atoms with Crippen LogP contribution in [0.3, 0.4) is 0 Å². The number of nitro benzene ring substituents is 1. The Kier molecular flexibility index (Phi) is 5.29. The number of nitrogens with one attached hydrogen (secondary N) is 2. The van der Waals surface area contributed by atoms with Crippen LogP contribution in [0.15, 0.2) is 29.4 Å². The Morgan fingerprint density at radius 3 is 2.38 bits per heavy atom. The van der Waals surface area contributed by atoms with Crippen LogP contribution in [0.5, 0.6) is 0 Å². The Morgan fingerprint density at radius 2 is 1.81 bits per heavy atom. The largest absolute Gasteiger partial charge is 0.326 e. The predicted octanol–water partition coefficient (Wildman–Crippen LogP) is 2.85. The van der Waals surface area contributed by atoms with Crippen molar-refractivity contribution in [2.75, 3.05) is 5.32 Å². The summed E-state index contributed by atoms with van der Waals surface area (Å²) in [4.78, 5) is 34.3. The van der Waals surface area contributed by atoms with Crippen molar-refractivity contribution < 1.29 is 14.5 Å². The van der Waals surface area contributed by atoms with Gasteiger partial charge in [-0.15, -0.1) is 0 Å². The van der Waals surface area contributed by atoms with E-state index in [2.05, 4.69) is 15.8 Å². The molecule has 1 aromatic carbocycles. The van der Waals surface area contributed by atoms with E-state index in [1.807, 2.05) is 0 Å². The lowest BCUT2D eigenvalue weighted by Gasteiger charge is -2.05. The first-order valence-corrected chi connectivity index (χ1v) is 8.83. The summed E-state index contributed by atoms with van der Waals surface area (Å²) < 4.78 is 0. The van der Waals surface area contributed by atoms with E-state index in [1.54, 1.807) is 6.92 Å². The molecular weight excluding hydrogens is 336 g/mol. The van der Waals surface area contributed by atoms with Crippen LogP contribution in [0.25, 0.3) is 0 Å². The second kappa shape index (κ2) is 7.63. The van der Waals surface area contributed by atoms with Crippen LogP contribution in [0.1, 0.15) is 39.0 Å². The van der Waals surface area contributed by atoms with Gasteiger partial charge in [0.25, 0.3) is 5.69 Å². The topological polar surface area (TPSA) is 114 Å². The highest BCUT2D eigenvalue weighted by molar-refractivity contribution is 6.05. The summed E-state index contributed by atoms with van der Waals surface area (Å²) in [7, 11) is 0. The molecule has 2 aliphatic rings. The highest BCUT2D eigenvalue weighted by Gasteiger charge is 2.54. The van der Waals surface area contributed by atoms with E-state index in [1.165, 1.54) is 37.1 Å². The van der Waals surface area contributed by atoms with E-state index < -0.39 is 4.92 Å². The number of rotatable bonds is 6. The summed E-state index contributed by atoms with van der Waals surface area (Å²) in [6.07, 6.45) is 4.70. The molecule has 8 heteroatoms. The van der Waals surface area contributed by atoms with E-state index in [4.69, 9.17) is 0 Å². The van der Waals surface area contributed by atoms with Crippen molar-refractivity contribution in [3.63, 3.8) is 0 Å². The van der Waals surface area contributed by atoms with Crippen LogP contribution in [-0.2, 0) is 9.59 Å². The number of hydrazone groups is 1. The number of benzene rings is 1. The van der Waals surface area contributed by atoms with Gasteiger partial charge in [0.05, 0.1) is 11.3 Å². The van der Waals surface area contributed by atoms with E-state index in [0.717, 1.165) is 12.8 Å². The maximum Gasteiger partial charge on any atom is 0.269 e. The first-order valence-electron chi connectivity index (χ1n) is 8.83. The number of hydrogen-bond acceptors (Lipinski definition) is 5. The molecule has 3 rings (SSSR count). The lowest BCUT2D eigenvalue weighted by Crippen LogP contribution is -2.23. The molecule has 0 radical (unpaired) electrons. The second-order valence-electron chi connectivity index (χ2n) is 6.99. The fraction of sp³-hybridized carbons (Fsp3) is 0.500. The van der Waals surface area contributed by atoms with Crippen LogP contribution < -0.4 is 10.7 Å². The van der Waals surface area contributed by atoms with Crippen molar-refractivity contribution in [2.45, 2.75) is 39.0 Å². The van der Waals surface area contributed by atoms with Gasteiger partial charge in [-0.3, -0.25) is 19.7 Å². The van der Waals surface area contributed by atoms with Crippen molar-refractivity contribution in [3.05, 3.63) is 34.4 Å². The minimum atomic E-state index is -0.499. The molecule has 2 N–H and O–H groups in total. The minimum absolute atomic E-state index is 0.0365. The zero-order valence-electron chi connectivity index (χ0n) is 14.6. The van der Waals surface area contributed by atoms with E-state index in [0.29, 0.717) is 23.2 Å². The third-order valence-corrected chi connectivity index (χ3v) is 5.09. The number of amides is 2. The predicted molar refractivity (Wildman–Crippen MR) is 96.5 cm³/mol. The molecule has 0 heterocycles. The highest BCUT2D eigenvalue weighted by atomic mass is 16.6. The summed E-state index contributed by atoms with van der Waals surface area (Å²) in [6, 6.07) is 5.59. The maximum absolute atomic E-state index is 12.2. The number of nitro groups is 1. The molecule has 2 aliphatic carbocycles. The molecule has 8 nitrogen and oxygen atoms in total. The van der Waals surface area contributed by atoms with Gasteiger partial charge < -0.3 is 5.32 Å². The van der Waals surface area contributed by atoms with Crippen molar-refractivity contribution in [2.24, 2.45) is 22.9 Å². The Balaban J connectivity index is 1.45. The fourth-order valence-corrected chi connectivity index (χ4v) is 3.75. The summed E-state index contributed by atoms with van der Waals surface area (Å²) >= 11 is 0. The number of carbonyl (C=O) groups is 2. The summed E-state index contributed by atoms with van der Waals surface area (Å²) in [5.41, 5.74) is 3.52. The van der Waals surface area contributed by atoms with Crippen LogP contribution in [0.4, 0.5) is 11.4 Å². The molecule has 0 aromatic heterocycles. The van der Waals surface area contributed by atoms with Gasteiger partial charge in [0, 0.05) is 29.4 Å². The lowest BCUT2D eigenvalue weighted by molar-refractivity contribution is -0.384. The standard InChI is InChI=1S/C18H22N4O4/c1-11(20-21-18(24)17-14-4-2-3-5-15(14)17)10-16(23)19-12-6-8-13(9-7-12)22(25)26/h6-9,14-15,17H,2-5,10H2,1H3,(H,19,23)(H,21,24)/b20-11+/t14-,15-/m0/s1. The van der Waals surface area contributed by atoms with Crippen LogP contribution >= 0.6 is 0 Å². The van der Waals surface area contributed by atoms with Crippen molar-refractivity contribution in [1.29, 1.82) is 0 Å². The Bertz CT molecular complexity index is 732. The first kappa shape index (κ1) is 18.0. The van der Waals surface area contributed by atoms with Gasteiger partial charge in [-0.1, -0.05) is 12.8 Å².